The molecule has 0 atom stereocenters. The van der Waals surface area contributed by atoms with Gasteiger partial charge in [-0.15, -0.1) is 0 Å². The summed E-state index contributed by atoms with van der Waals surface area (Å²) in [6.07, 6.45) is 0. The lowest BCUT2D eigenvalue weighted by Crippen LogP contribution is -2.12. The summed E-state index contributed by atoms with van der Waals surface area (Å²) in [5, 5.41) is 3.01. The number of anilines is 1. The second-order valence-electron chi connectivity index (χ2n) is 4.82. The first-order valence-electron chi connectivity index (χ1n) is 6.34. The fourth-order valence-electron chi connectivity index (χ4n) is 1.92. The first-order valence-corrected chi connectivity index (χ1v) is 6.72. The maximum Gasteiger partial charge on any atom is 0.257 e. The van der Waals surface area contributed by atoms with Crippen LogP contribution >= 0.6 is 11.6 Å². The van der Waals surface area contributed by atoms with E-state index in [4.69, 9.17) is 11.6 Å². The predicted octanol–water partition coefficient (Wildman–Crippen LogP) is 4.85. The zero-order valence-corrected chi connectivity index (χ0v) is 12.0. The Morgan fingerprint density at radius 2 is 1.90 bits per heavy atom. The van der Waals surface area contributed by atoms with Crippen molar-refractivity contribution in [1.82, 2.24) is 0 Å². The Hall–Kier alpha value is -1.87. The highest BCUT2D eigenvalue weighted by Gasteiger charge is 2.12. The molecule has 0 saturated carbocycles. The van der Waals surface area contributed by atoms with Gasteiger partial charge in [-0.25, -0.2) is 4.39 Å². The zero-order valence-electron chi connectivity index (χ0n) is 11.3. The standard InChI is InChI=1S/C16H15ClFNO/c1-10(2)12-8-7-11(9-15(12)18)19-16(20)13-5-3-4-6-14(13)17/h3-10H,1-2H3,(H,19,20). The van der Waals surface area contributed by atoms with Crippen molar-refractivity contribution in [3.8, 4) is 0 Å². The van der Waals surface area contributed by atoms with E-state index < -0.39 is 0 Å². The number of nitrogens with one attached hydrogen (secondary N) is 1. The second-order valence-corrected chi connectivity index (χ2v) is 5.23. The fraction of sp³-hybridized carbons (Fsp3) is 0.188. The minimum atomic E-state index is -0.354. The molecule has 0 aromatic heterocycles. The molecular weight excluding hydrogens is 277 g/mol. The Morgan fingerprint density at radius 3 is 2.50 bits per heavy atom. The van der Waals surface area contributed by atoms with Gasteiger partial charge in [0.15, 0.2) is 0 Å². The van der Waals surface area contributed by atoms with E-state index in [2.05, 4.69) is 5.32 Å². The number of hydrogen-bond donors (Lipinski definition) is 1. The third kappa shape index (κ3) is 3.17. The van der Waals surface area contributed by atoms with Gasteiger partial charge in [0.1, 0.15) is 5.82 Å². The van der Waals surface area contributed by atoms with Crippen molar-refractivity contribution in [3.05, 3.63) is 64.4 Å². The molecule has 0 radical (unpaired) electrons. The van der Waals surface area contributed by atoms with E-state index in [-0.39, 0.29) is 17.6 Å². The number of benzene rings is 2. The van der Waals surface area contributed by atoms with Crippen LogP contribution in [0.15, 0.2) is 42.5 Å². The zero-order chi connectivity index (χ0) is 14.7. The normalized spacial score (nSPS) is 10.7. The van der Waals surface area contributed by atoms with Gasteiger partial charge in [0, 0.05) is 5.69 Å². The summed E-state index contributed by atoms with van der Waals surface area (Å²) in [5.74, 6) is -0.576. The van der Waals surface area contributed by atoms with Crippen LogP contribution in [-0.4, -0.2) is 5.91 Å². The minimum absolute atomic E-state index is 0.100. The largest absolute Gasteiger partial charge is 0.322 e. The number of hydrogen-bond acceptors (Lipinski definition) is 1. The maximum atomic E-state index is 13.9. The molecule has 0 aliphatic carbocycles. The van der Waals surface area contributed by atoms with E-state index in [1.807, 2.05) is 13.8 Å². The van der Waals surface area contributed by atoms with Crippen molar-refractivity contribution in [2.24, 2.45) is 0 Å². The topological polar surface area (TPSA) is 29.1 Å². The van der Waals surface area contributed by atoms with Gasteiger partial charge < -0.3 is 5.32 Å². The highest BCUT2D eigenvalue weighted by atomic mass is 35.5. The van der Waals surface area contributed by atoms with Crippen LogP contribution in [-0.2, 0) is 0 Å². The molecule has 0 bridgehead atoms. The van der Waals surface area contributed by atoms with Crippen molar-refractivity contribution < 1.29 is 9.18 Å². The highest BCUT2D eigenvalue weighted by Crippen LogP contribution is 2.23. The molecule has 0 unspecified atom stereocenters. The summed E-state index contributed by atoms with van der Waals surface area (Å²) in [6.45, 7) is 3.83. The summed E-state index contributed by atoms with van der Waals surface area (Å²) in [7, 11) is 0. The van der Waals surface area contributed by atoms with Crippen molar-refractivity contribution in [3.63, 3.8) is 0 Å². The molecule has 4 heteroatoms. The average molecular weight is 292 g/mol. The van der Waals surface area contributed by atoms with E-state index in [0.29, 0.717) is 21.8 Å². The Kier molecular flexibility index (Phi) is 4.40. The first-order chi connectivity index (χ1) is 9.49. The number of rotatable bonds is 3. The van der Waals surface area contributed by atoms with Gasteiger partial charge in [-0.1, -0.05) is 43.6 Å². The minimum Gasteiger partial charge on any atom is -0.322 e. The van der Waals surface area contributed by atoms with Gasteiger partial charge in [0.25, 0.3) is 5.91 Å². The Morgan fingerprint density at radius 1 is 1.20 bits per heavy atom. The second kappa shape index (κ2) is 6.06. The van der Waals surface area contributed by atoms with Gasteiger partial charge in [0.2, 0.25) is 0 Å². The molecular formula is C16H15ClFNO. The van der Waals surface area contributed by atoms with Gasteiger partial charge in [-0.05, 0) is 35.7 Å². The molecule has 2 rings (SSSR count). The Balaban J connectivity index is 2.21. The van der Waals surface area contributed by atoms with Crippen LogP contribution in [0.1, 0.15) is 35.7 Å². The summed E-state index contributed by atoms with van der Waals surface area (Å²) < 4.78 is 13.9. The predicted molar refractivity (Wildman–Crippen MR) is 79.9 cm³/mol. The highest BCUT2D eigenvalue weighted by molar-refractivity contribution is 6.34. The summed E-state index contributed by atoms with van der Waals surface area (Å²) in [5.41, 5.74) is 1.40. The number of carbonyl (C=O) groups excluding carboxylic acids is 1. The molecule has 2 nitrogen and oxygen atoms in total. The van der Waals surface area contributed by atoms with Crippen LogP contribution in [0.4, 0.5) is 10.1 Å². The van der Waals surface area contributed by atoms with Crippen LogP contribution in [0.25, 0.3) is 0 Å². The Bertz CT molecular complexity index is 640. The number of carbonyl (C=O) groups is 1. The van der Waals surface area contributed by atoms with Crippen molar-refractivity contribution >= 4 is 23.2 Å². The van der Waals surface area contributed by atoms with Crippen molar-refractivity contribution in [2.75, 3.05) is 5.32 Å². The lowest BCUT2D eigenvalue weighted by molar-refractivity contribution is 0.102. The molecule has 2 aromatic rings. The molecule has 0 aliphatic rings. The smallest absolute Gasteiger partial charge is 0.257 e. The van der Waals surface area contributed by atoms with E-state index in [1.54, 1.807) is 36.4 Å². The third-order valence-electron chi connectivity index (χ3n) is 3.00. The quantitative estimate of drug-likeness (QED) is 0.860. The molecule has 0 aliphatic heterocycles. The van der Waals surface area contributed by atoms with Crippen molar-refractivity contribution in [2.45, 2.75) is 19.8 Å². The fourth-order valence-corrected chi connectivity index (χ4v) is 2.14. The SMILES string of the molecule is CC(C)c1ccc(NC(=O)c2ccccc2Cl)cc1F. The van der Waals surface area contributed by atoms with E-state index in [1.165, 1.54) is 6.07 Å². The van der Waals surface area contributed by atoms with Crippen molar-refractivity contribution in [1.29, 1.82) is 0 Å². The van der Waals surface area contributed by atoms with Crippen LogP contribution in [0.2, 0.25) is 5.02 Å². The van der Waals surface area contributed by atoms with Crippen LogP contribution in [0.5, 0.6) is 0 Å². The third-order valence-corrected chi connectivity index (χ3v) is 3.33. The number of amides is 1. The van der Waals surface area contributed by atoms with Crippen LogP contribution in [0.3, 0.4) is 0 Å². The monoisotopic (exact) mass is 291 g/mol. The van der Waals surface area contributed by atoms with Crippen LogP contribution in [0, 0.1) is 5.82 Å². The molecule has 1 N–H and O–H groups in total. The van der Waals surface area contributed by atoms with Gasteiger partial charge in [-0.3, -0.25) is 4.79 Å². The molecule has 1 amide bonds. The summed E-state index contributed by atoms with van der Waals surface area (Å²) in [4.78, 5) is 12.0. The molecule has 0 heterocycles. The summed E-state index contributed by atoms with van der Waals surface area (Å²) in [6, 6.07) is 11.4. The summed E-state index contributed by atoms with van der Waals surface area (Å²) >= 11 is 5.95. The van der Waals surface area contributed by atoms with Gasteiger partial charge in [-0.2, -0.15) is 0 Å². The van der Waals surface area contributed by atoms with E-state index >= 15 is 0 Å². The molecule has 104 valence electrons. The van der Waals surface area contributed by atoms with Gasteiger partial charge >= 0.3 is 0 Å². The Labute approximate surface area is 122 Å². The lowest BCUT2D eigenvalue weighted by atomic mass is 10.0. The van der Waals surface area contributed by atoms with E-state index in [0.717, 1.165) is 0 Å². The molecule has 0 fully saturated rings. The molecule has 0 spiro atoms. The molecule has 0 saturated heterocycles. The maximum absolute atomic E-state index is 13.9. The van der Waals surface area contributed by atoms with Gasteiger partial charge in [0.05, 0.1) is 10.6 Å². The number of halogens is 2. The van der Waals surface area contributed by atoms with Crippen LogP contribution < -0.4 is 5.32 Å². The first kappa shape index (κ1) is 14.5. The average Bonchev–Trinajstić information content (AvgIpc) is 2.38. The molecule has 2 aromatic carbocycles. The lowest BCUT2D eigenvalue weighted by Gasteiger charge is -2.10. The molecule has 20 heavy (non-hydrogen) atoms. The van der Waals surface area contributed by atoms with E-state index in [9.17, 15) is 9.18 Å².